The molecule has 0 aromatic carbocycles. The number of unbranched alkanes of at least 4 members (excludes halogenated alkanes) is 30. The fourth-order valence-corrected chi connectivity index (χ4v) is 11.2. The van der Waals surface area contributed by atoms with E-state index in [0.29, 0.717) is 6.42 Å². The highest BCUT2D eigenvalue weighted by Gasteiger charge is 2.53. The molecule has 17 unspecified atom stereocenters. The highest BCUT2D eigenvalue weighted by molar-refractivity contribution is 5.76. The summed E-state index contributed by atoms with van der Waals surface area (Å²) in [6.07, 6.45) is 26.9. The number of hydrogen-bond acceptors (Lipinski definition) is 18. The third kappa shape index (κ3) is 30.5. The monoisotopic (exact) mass is 1200 g/mol. The third-order valence-electron chi connectivity index (χ3n) is 16.7. The maximum atomic E-state index is 13.4. The Morgan fingerprint density at radius 2 is 0.786 bits per heavy atom. The van der Waals surface area contributed by atoms with Crippen LogP contribution in [0.4, 0.5) is 0 Å². The van der Waals surface area contributed by atoms with Crippen LogP contribution in [0.2, 0.25) is 0 Å². The van der Waals surface area contributed by atoms with Gasteiger partial charge < -0.3 is 89.9 Å². The Morgan fingerprint density at radius 3 is 1.21 bits per heavy atom. The molecule has 1 amide bonds. The van der Waals surface area contributed by atoms with E-state index >= 15 is 0 Å². The van der Waals surface area contributed by atoms with Gasteiger partial charge in [-0.1, -0.05) is 217 Å². The van der Waals surface area contributed by atoms with Gasteiger partial charge in [-0.25, -0.2) is 0 Å². The summed E-state index contributed by atoms with van der Waals surface area (Å²) in [4.78, 5) is 13.4. The fourth-order valence-electron chi connectivity index (χ4n) is 11.2. The minimum absolute atomic E-state index is 0.243. The molecule has 0 saturated carbocycles. The highest BCUT2D eigenvalue weighted by Crippen LogP contribution is 2.33. The molecule has 3 aliphatic rings. The normalized spacial score (nSPS) is 29.4. The van der Waals surface area contributed by atoms with Crippen LogP contribution < -0.4 is 5.32 Å². The minimum atomic E-state index is -1.98. The van der Waals surface area contributed by atoms with E-state index in [-0.39, 0.29) is 18.9 Å². The van der Waals surface area contributed by atoms with Crippen molar-refractivity contribution in [2.45, 2.75) is 343 Å². The third-order valence-corrected chi connectivity index (χ3v) is 16.7. The Balaban J connectivity index is 1.43. The zero-order valence-corrected chi connectivity index (χ0v) is 51.6. The fraction of sp³-hybridized carbons (Fsp3) is 0.892. The SMILES string of the molecule is CCCCCCC/C=C\C/C=C\CCCCCCCCCCCCCCCC(=O)NC(COC1OC(CO)C(OC2OC(CO)C(OC3OC(CO)C(O)C(O)C3O)C(O)C2O)C(O)C1O)C(O)/C=C/CCCCCCCCCCCCCC. The molecule has 19 nitrogen and oxygen atoms in total. The molecule has 3 saturated heterocycles. The van der Waals surface area contributed by atoms with Crippen LogP contribution in [-0.2, 0) is 33.2 Å². The van der Waals surface area contributed by atoms with Gasteiger partial charge in [-0.2, -0.15) is 0 Å². The molecule has 492 valence electrons. The summed E-state index contributed by atoms with van der Waals surface area (Å²) < 4.78 is 34.3. The van der Waals surface area contributed by atoms with E-state index in [2.05, 4.69) is 43.5 Å². The predicted octanol–water partition coefficient (Wildman–Crippen LogP) is 7.66. The first kappa shape index (κ1) is 76.3. The van der Waals surface area contributed by atoms with E-state index in [4.69, 9.17) is 28.4 Å². The molecule has 3 rings (SSSR count). The molecule has 0 aromatic rings. The summed E-state index contributed by atoms with van der Waals surface area (Å²) in [5.41, 5.74) is 0. The predicted molar refractivity (Wildman–Crippen MR) is 323 cm³/mol. The number of hydrogen-bond donors (Lipinski definition) is 12. The lowest BCUT2D eigenvalue weighted by atomic mass is 9.96. The minimum Gasteiger partial charge on any atom is -0.394 e. The van der Waals surface area contributed by atoms with Crippen LogP contribution in [0.1, 0.15) is 239 Å². The number of aliphatic hydroxyl groups is 11. The van der Waals surface area contributed by atoms with Crippen LogP contribution in [0, 0.1) is 0 Å². The average molecular weight is 1200 g/mol. The van der Waals surface area contributed by atoms with Gasteiger partial charge in [-0.05, 0) is 51.4 Å². The van der Waals surface area contributed by atoms with Gasteiger partial charge in [0, 0.05) is 6.42 Å². The number of carbonyl (C=O) groups excluding carboxylic acids is 1. The lowest BCUT2D eigenvalue weighted by molar-refractivity contribution is -0.379. The van der Waals surface area contributed by atoms with Crippen LogP contribution in [0.15, 0.2) is 36.5 Å². The van der Waals surface area contributed by atoms with Crippen molar-refractivity contribution in [3.05, 3.63) is 36.5 Å². The van der Waals surface area contributed by atoms with Gasteiger partial charge in [-0.15, -0.1) is 0 Å². The Bertz CT molecular complexity index is 1670. The van der Waals surface area contributed by atoms with Crippen molar-refractivity contribution in [3.63, 3.8) is 0 Å². The summed E-state index contributed by atoms with van der Waals surface area (Å²) in [6, 6.07) is -0.972. The van der Waals surface area contributed by atoms with Crippen LogP contribution in [0.3, 0.4) is 0 Å². The van der Waals surface area contributed by atoms with Crippen molar-refractivity contribution in [3.8, 4) is 0 Å². The first-order valence-electron chi connectivity index (χ1n) is 33.2. The second kappa shape index (κ2) is 47.9. The van der Waals surface area contributed by atoms with Gasteiger partial charge in [0.25, 0.3) is 0 Å². The second-order valence-corrected chi connectivity index (χ2v) is 23.9. The smallest absolute Gasteiger partial charge is 0.220 e. The average Bonchev–Trinajstić information content (AvgIpc) is 3.68. The van der Waals surface area contributed by atoms with Gasteiger partial charge in [-0.3, -0.25) is 4.79 Å². The van der Waals surface area contributed by atoms with Crippen LogP contribution in [0.25, 0.3) is 0 Å². The Hall–Kier alpha value is -1.99. The summed E-state index contributed by atoms with van der Waals surface area (Å²) >= 11 is 0. The summed E-state index contributed by atoms with van der Waals surface area (Å²) in [5.74, 6) is -0.276. The molecule has 0 spiro atoms. The van der Waals surface area contributed by atoms with Crippen molar-refractivity contribution in [2.24, 2.45) is 0 Å². The Morgan fingerprint density at radius 1 is 0.429 bits per heavy atom. The first-order valence-corrected chi connectivity index (χ1v) is 33.2. The zero-order chi connectivity index (χ0) is 61.2. The molecule has 0 aromatic heterocycles. The van der Waals surface area contributed by atoms with Crippen molar-refractivity contribution in [2.75, 3.05) is 26.4 Å². The Labute approximate surface area is 504 Å². The van der Waals surface area contributed by atoms with E-state index < -0.39 is 124 Å². The second-order valence-electron chi connectivity index (χ2n) is 23.9. The number of aliphatic hydroxyl groups excluding tert-OH is 11. The molecule has 12 N–H and O–H groups in total. The van der Waals surface area contributed by atoms with Gasteiger partial charge in [0.15, 0.2) is 18.9 Å². The number of rotatable bonds is 50. The molecule has 3 heterocycles. The van der Waals surface area contributed by atoms with E-state index in [1.54, 1.807) is 6.08 Å². The molecular weight excluding hydrogens is 1080 g/mol. The maximum absolute atomic E-state index is 13.4. The van der Waals surface area contributed by atoms with Crippen molar-refractivity contribution < 1.29 is 89.4 Å². The molecule has 0 radical (unpaired) electrons. The topological polar surface area (TPSA) is 307 Å². The number of amides is 1. The standard InChI is InChI=1S/C65H119NO18/c1-3-5-7-9-11-13-15-17-19-20-21-22-23-24-25-26-27-28-29-31-33-35-37-39-41-43-53(71)66-48(49(70)42-40-38-36-34-32-30-18-16-14-12-10-8-6-4-2)47-79-63-59(77)56(74)61(51(45-68)81-63)84-65-60(78)57(75)62(52(46-69)82-65)83-64-58(76)55(73)54(72)50(44-67)80-64/h15,17,20-21,40,42,48-52,54-65,67-70,72-78H,3-14,16,18-19,22-39,41,43-47H2,1-2H3,(H,66,71)/b17-15-,21-20-,42-40+. The lowest BCUT2D eigenvalue weighted by Crippen LogP contribution is -2.66. The van der Waals surface area contributed by atoms with E-state index in [1.807, 2.05) is 6.08 Å². The molecule has 19 heteroatoms. The number of ether oxygens (including phenoxy) is 6. The molecule has 17 atom stereocenters. The lowest BCUT2D eigenvalue weighted by Gasteiger charge is -2.48. The van der Waals surface area contributed by atoms with Crippen molar-refractivity contribution >= 4 is 5.91 Å². The van der Waals surface area contributed by atoms with Gasteiger partial charge in [0.05, 0.1) is 38.6 Å². The van der Waals surface area contributed by atoms with E-state index in [1.165, 1.54) is 161 Å². The van der Waals surface area contributed by atoms with Gasteiger partial charge in [0.1, 0.15) is 73.2 Å². The largest absolute Gasteiger partial charge is 0.394 e. The number of carbonyl (C=O) groups is 1. The molecular formula is C65H119NO18. The first-order chi connectivity index (χ1) is 40.8. The number of allylic oxidation sites excluding steroid dienone is 5. The Kier molecular flexibility index (Phi) is 43.5. The molecule has 0 bridgehead atoms. The van der Waals surface area contributed by atoms with E-state index in [0.717, 1.165) is 51.4 Å². The van der Waals surface area contributed by atoms with Crippen LogP contribution >= 0.6 is 0 Å². The highest BCUT2D eigenvalue weighted by atomic mass is 16.8. The molecule has 84 heavy (non-hydrogen) atoms. The summed E-state index contributed by atoms with van der Waals surface area (Å²) in [7, 11) is 0. The molecule has 3 aliphatic heterocycles. The summed E-state index contributed by atoms with van der Waals surface area (Å²) in [6.45, 7) is 1.72. The summed E-state index contributed by atoms with van der Waals surface area (Å²) in [5, 5.41) is 120. The van der Waals surface area contributed by atoms with Gasteiger partial charge in [0.2, 0.25) is 5.91 Å². The quantitative estimate of drug-likeness (QED) is 0.0205. The zero-order valence-electron chi connectivity index (χ0n) is 51.6. The van der Waals surface area contributed by atoms with Crippen LogP contribution in [0.5, 0.6) is 0 Å². The van der Waals surface area contributed by atoms with Gasteiger partial charge >= 0.3 is 0 Å². The van der Waals surface area contributed by atoms with Crippen molar-refractivity contribution in [1.82, 2.24) is 5.32 Å². The maximum Gasteiger partial charge on any atom is 0.220 e. The molecule has 0 aliphatic carbocycles. The van der Waals surface area contributed by atoms with E-state index in [9.17, 15) is 61.0 Å². The molecule has 3 fully saturated rings. The van der Waals surface area contributed by atoms with Crippen molar-refractivity contribution in [1.29, 1.82) is 0 Å². The van der Waals surface area contributed by atoms with Crippen LogP contribution in [-0.4, -0.2) is 193 Å². The number of nitrogens with one attached hydrogen (secondary N) is 1.